The zero-order valence-electron chi connectivity index (χ0n) is 12.6. The van der Waals surface area contributed by atoms with Crippen molar-refractivity contribution in [3.8, 4) is 0 Å². The van der Waals surface area contributed by atoms with Gasteiger partial charge in [-0.3, -0.25) is 9.67 Å². The summed E-state index contributed by atoms with van der Waals surface area (Å²) in [6, 6.07) is 11.1. The number of anilines is 1. The van der Waals surface area contributed by atoms with Crippen LogP contribution in [0.3, 0.4) is 0 Å². The molecule has 22 heavy (non-hydrogen) atoms. The first kappa shape index (κ1) is 13.3. The summed E-state index contributed by atoms with van der Waals surface area (Å²) in [6.07, 6.45) is 10.8. The molecule has 1 saturated carbocycles. The molecule has 112 valence electrons. The summed E-state index contributed by atoms with van der Waals surface area (Å²) in [4.78, 5) is 4.15. The number of pyridine rings is 1. The van der Waals surface area contributed by atoms with E-state index in [9.17, 15) is 0 Å². The van der Waals surface area contributed by atoms with Crippen LogP contribution in [0.5, 0.6) is 0 Å². The van der Waals surface area contributed by atoms with Crippen molar-refractivity contribution in [2.24, 2.45) is 0 Å². The Morgan fingerprint density at radius 3 is 2.86 bits per heavy atom. The fourth-order valence-corrected chi connectivity index (χ4v) is 3.29. The van der Waals surface area contributed by atoms with Gasteiger partial charge in [0.2, 0.25) is 0 Å². The predicted molar refractivity (Wildman–Crippen MR) is 88.8 cm³/mol. The first-order valence-electron chi connectivity index (χ1n) is 8.00. The van der Waals surface area contributed by atoms with E-state index in [0.29, 0.717) is 6.04 Å². The van der Waals surface area contributed by atoms with Gasteiger partial charge in [-0.05, 0) is 42.7 Å². The fraction of sp³-hybridized carbons (Fsp3) is 0.333. The van der Waals surface area contributed by atoms with Gasteiger partial charge in [0, 0.05) is 30.0 Å². The molecule has 1 aromatic carbocycles. The summed E-state index contributed by atoms with van der Waals surface area (Å²) in [6.45, 7) is 0.789. The standard InChI is InChI=1S/C18H20N4/c1-2-6-17(5-1)22-18-10-16(8-7-15(18)13-21-22)20-12-14-4-3-9-19-11-14/h3-4,7-11,13,17,20H,1-2,5-6,12H2. The van der Waals surface area contributed by atoms with Gasteiger partial charge in [-0.15, -0.1) is 0 Å². The summed E-state index contributed by atoms with van der Waals surface area (Å²) >= 11 is 0. The third-order valence-corrected chi connectivity index (χ3v) is 4.49. The van der Waals surface area contributed by atoms with Gasteiger partial charge >= 0.3 is 0 Å². The molecular formula is C18H20N4. The summed E-state index contributed by atoms with van der Waals surface area (Å²) in [5.41, 5.74) is 3.56. The average Bonchev–Trinajstić information content (AvgIpc) is 3.22. The van der Waals surface area contributed by atoms with E-state index in [1.807, 2.05) is 18.5 Å². The van der Waals surface area contributed by atoms with Gasteiger partial charge in [-0.25, -0.2) is 0 Å². The van der Waals surface area contributed by atoms with Gasteiger partial charge in [-0.1, -0.05) is 18.9 Å². The van der Waals surface area contributed by atoms with Gasteiger partial charge < -0.3 is 5.32 Å². The maximum absolute atomic E-state index is 4.62. The van der Waals surface area contributed by atoms with Gasteiger partial charge in [-0.2, -0.15) is 5.10 Å². The van der Waals surface area contributed by atoms with Crippen molar-refractivity contribution in [1.29, 1.82) is 0 Å². The van der Waals surface area contributed by atoms with Crippen LogP contribution in [0.1, 0.15) is 37.3 Å². The van der Waals surface area contributed by atoms with Gasteiger partial charge in [0.1, 0.15) is 0 Å². The molecule has 2 aromatic heterocycles. The second kappa shape index (κ2) is 5.79. The smallest absolute Gasteiger partial charge is 0.0706 e. The molecule has 3 aromatic rings. The highest BCUT2D eigenvalue weighted by Gasteiger charge is 2.19. The van der Waals surface area contributed by atoms with E-state index in [1.165, 1.54) is 42.1 Å². The molecule has 2 heterocycles. The van der Waals surface area contributed by atoms with E-state index < -0.39 is 0 Å². The summed E-state index contributed by atoms with van der Waals surface area (Å²) < 4.78 is 2.22. The molecule has 4 heteroatoms. The highest BCUT2D eigenvalue weighted by molar-refractivity contribution is 5.82. The number of benzene rings is 1. The Balaban J connectivity index is 1.58. The number of fused-ring (bicyclic) bond motifs is 1. The number of hydrogen-bond acceptors (Lipinski definition) is 3. The van der Waals surface area contributed by atoms with E-state index in [2.05, 4.69) is 44.3 Å². The summed E-state index contributed by atoms with van der Waals surface area (Å²) in [7, 11) is 0. The molecule has 0 saturated heterocycles. The lowest BCUT2D eigenvalue weighted by atomic mass is 10.2. The minimum Gasteiger partial charge on any atom is -0.381 e. The minimum absolute atomic E-state index is 0.575. The topological polar surface area (TPSA) is 42.7 Å². The third kappa shape index (κ3) is 2.56. The second-order valence-corrected chi connectivity index (χ2v) is 6.02. The van der Waals surface area contributed by atoms with Crippen molar-refractivity contribution in [3.05, 3.63) is 54.5 Å². The summed E-state index contributed by atoms with van der Waals surface area (Å²) in [5.74, 6) is 0. The zero-order valence-corrected chi connectivity index (χ0v) is 12.6. The Morgan fingerprint density at radius 2 is 2.05 bits per heavy atom. The quantitative estimate of drug-likeness (QED) is 0.785. The molecule has 0 spiro atoms. The maximum atomic E-state index is 4.62. The van der Waals surface area contributed by atoms with Crippen LogP contribution in [0.15, 0.2) is 48.9 Å². The van der Waals surface area contributed by atoms with Gasteiger partial charge in [0.15, 0.2) is 0 Å². The number of nitrogens with zero attached hydrogens (tertiary/aromatic N) is 3. The Kier molecular flexibility index (Phi) is 3.51. The van der Waals surface area contributed by atoms with Gasteiger partial charge in [0.05, 0.1) is 17.8 Å². The largest absolute Gasteiger partial charge is 0.381 e. The number of nitrogens with one attached hydrogen (secondary N) is 1. The van der Waals surface area contributed by atoms with Crippen LogP contribution in [-0.2, 0) is 6.54 Å². The molecule has 0 radical (unpaired) electrons. The third-order valence-electron chi connectivity index (χ3n) is 4.49. The van der Waals surface area contributed by atoms with Crippen LogP contribution in [-0.4, -0.2) is 14.8 Å². The summed E-state index contributed by atoms with van der Waals surface area (Å²) in [5, 5.41) is 9.32. The molecule has 1 N–H and O–H groups in total. The first-order chi connectivity index (χ1) is 10.9. The van der Waals surface area contributed by atoms with Crippen molar-refractivity contribution in [2.75, 3.05) is 5.32 Å². The van der Waals surface area contributed by atoms with Crippen LogP contribution in [0.2, 0.25) is 0 Å². The minimum atomic E-state index is 0.575. The van der Waals surface area contributed by atoms with Crippen molar-refractivity contribution in [3.63, 3.8) is 0 Å². The number of hydrogen-bond donors (Lipinski definition) is 1. The molecule has 4 rings (SSSR count). The SMILES string of the molecule is c1cncc(CNc2ccc3cnn(C4CCCC4)c3c2)c1. The number of rotatable bonds is 4. The molecule has 0 atom stereocenters. The van der Waals surface area contributed by atoms with Crippen LogP contribution in [0.4, 0.5) is 5.69 Å². The van der Waals surface area contributed by atoms with Crippen molar-refractivity contribution >= 4 is 16.6 Å². The number of aromatic nitrogens is 3. The van der Waals surface area contributed by atoms with Crippen LogP contribution in [0, 0.1) is 0 Å². The molecule has 0 unspecified atom stereocenters. The lowest BCUT2D eigenvalue weighted by Gasteiger charge is -2.12. The average molecular weight is 292 g/mol. The van der Waals surface area contributed by atoms with Crippen LogP contribution < -0.4 is 5.32 Å². The van der Waals surface area contributed by atoms with Gasteiger partial charge in [0.25, 0.3) is 0 Å². The Morgan fingerprint density at radius 1 is 1.14 bits per heavy atom. The lowest BCUT2D eigenvalue weighted by molar-refractivity contribution is 0.482. The Bertz CT molecular complexity index is 757. The Labute approximate surface area is 130 Å². The normalized spacial score (nSPS) is 15.5. The molecule has 1 fully saturated rings. The molecular weight excluding hydrogens is 272 g/mol. The zero-order chi connectivity index (χ0) is 14.8. The van der Waals surface area contributed by atoms with E-state index in [0.717, 1.165) is 12.2 Å². The fourth-order valence-electron chi connectivity index (χ4n) is 3.29. The lowest BCUT2D eigenvalue weighted by Crippen LogP contribution is -2.06. The molecule has 1 aliphatic carbocycles. The predicted octanol–water partition coefficient (Wildman–Crippen LogP) is 4.16. The molecule has 0 aliphatic heterocycles. The highest BCUT2D eigenvalue weighted by Crippen LogP contribution is 2.32. The maximum Gasteiger partial charge on any atom is 0.0706 e. The molecule has 0 amide bonds. The second-order valence-electron chi connectivity index (χ2n) is 6.02. The first-order valence-corrected chi connectivity index (χ1v) is 8.00. The molecule has 1 aliphatic rings. The monoisotopic (exact) mass is 292 g/mol. The molecule has 0 bridgehead atoms. The highest BCUT2D eigenvalue weighted by atomic mass is 15.3. The van der Waals surface area contributed by atoms with Crippen molar-refractivity contribution in [1.82, 2.24) is 14.8 Å². The van der Waals surface area contributed by atoms with E-state index in [4.69, 9.17) is 0 Å². The van der Waals surface area contributed by atoms with Crippen molar-refractivity contribution < 1.29 is 0 Å². The van der Waals surface area contributed by atoms with E-state index >= 15 is 0 Å². The van der Waals surface area contributed by atoms with Crippen LogP contribution in [0.25, 0.3) is 10.9 Å². The Hall–Kier alpha value is -2.36. The van der Waals surface area contributed by atoms with Crippen molar-refractivity contribution in [2.45, 2.75) is 38.3 Å². The van der Waals surface area contributed by atoms with Crippen LogP contribution >= 0.6 is 0 Å². The molecule has 4 nitrogen and oxygen atoms in total. The van der Waals surface area contributed by atoms with E-state index in [-0.39, 0.29) is 0 Å². The van der Waals surface area contributed by atoms with E-state index in [1.54, 1.807) is 6.20 Å².